The first-order valence-corrected chi connectivity index (χ1v) is 8.98. The zero-order chi connectivity index (χ0) is 20.8. The Labute approximate surface area is 149 Å². The number of benzene rings is 1. The molecule has 0 aliphatic rings. The average molecular weight is 413 g/mol. The van der Waals surface area contributed by atoms with Crippen LogP contribution in [0.2, 0.25) is 0 Å². The van der Waals surface area contributed by atoms with Gasteiger partial charge in [0.15, 0.2) is 4.98 Å². The summed E-state index contributed by atoms with van der Waals surface area (Å²) in [6.07, 6.45) is 0. The predicted molar refractivity (Wildman–Crippen MR) is 89.9 cm³/mol. The zero-order valence-corrected chi connectivity index (χ0v) is 15.0. The summed E-state index contributed by atoms with van der Waals surface area (Å²) in [5.74, 6) is -0.795. The third kappa shape index (κ3) is 6.43. The Morgan fingerprint density at radius 3 is 2.11 bits per heavy atom. The number of hydrogen-bond donors (Lipinski definition) is 1. The summed E-state index contributed by atoms with van der Waals surface area (Å²) < 4.78 is 75.5. The number of pyridine rings is 1. The Hall–Kier alpha value is -2.29. The normalized spacial score (nSPS) is 11.6. The fraction of sp³-hybridized carbons (Fsp3) is 0.308. The summed E-state index contributed by atoms with van der Waals surface area (Å²) in [7, 11) is -9.78. The minimum Gasteiger partial charge on any atom is -0.418 e. The van der Waals surface area contributed by atoms with E-state index in [-0.39, 0.29) is 29.7 Å². The third-order valence-electron chi connectivity index (χ3n) is 2.89. The van der Waals surface area contributed by atoms with Crippen LogP contribution in [-0.2, 0) is 13.6 Å². The third-order valence-corrected chi connectivity index (χ3v) is 5.01. The molecule has 1 N–H and O–H groups in total. The molecule has 0 saturated carbocycles. The maximum absolute atomic E-state index is 13.5. The largest absolute Gasteiger partial charge is 0.673 e. The first kappa shape index (κ1) is 22.8. The fourth-order valence-corrected chi connectivity index (χ4v) is 3.64. The van der Waals surface area contributed by atoms with Crippen LogP contribution in [0.15, 0.2) is 23.0 Å². The Morgan fingerprint density at radius 1 is 1.15 bits per heavy atom. The lowest BCUT2D eigenvalue weighted by molar-refractivity contribution is 0.229. The molecule has 0 aliphatic heterocycles. The van der Waals surface area contributed by atoms with Gasteiger partial charge in [-0.15, -0.1) is 0 Å². The second-order valence-electron chi connectivity index (χ2n) is 4.80. The van der Waals surface area contributed by atoms with E-state index in [0.717, 1.165) is 6.07 Å². The van der Waals surface area contributed by atoms with E-state index in [1.165, 1.54) is 12.1 Å². The molecule has 1 aromatic heterocycles. The highest BCUT2D eigenvalue weighted by atomic mass is 31.2. The quantitative estimate of drug-likeness (QED) is 0.341. The molecule has 0 aliphatic carbocycles. The Bertz CT molecular complexity index is 944. The highest BCUT2D eigenvalue weighted by Gasteiger charge is 2.31. The van der Waals surface area contributed by atoms with E-state index in [1.54, 1.807) is 13.8 Å². The number of rotatable bonds is 5. The molecule has 0 bridgehead atoms. The van der Waals surface area contributed by atoms with Gasteiger partial charge in [-0.2, -0.15) is 4.39 Å². The summed E-state index contributed by atoms with van der Waals surface area (Å²) in [5, 5.41) is 8.89. The SMILES string of the molecule is CCOP(=O)(OCC)c1cc2cc([N+]#N)c(F)cc2[nH]c1=O.F[B-](F)(F)F. The van der Waals surface area contributed by atoms with Gasteiger partial charge in [0.25, 0.3) is 5.56 Å². The van der Waals surface area contributed by atoms with Gasteiger partial charge in [0.1, 0.15) is 5.30 Å². The van der Waals surface area contributed by atoms with Crippen LogP contribution in [0.4, 0.5) is 27.3 Å². The minimum absolute atomic E-state index is 0.0927. The van der Waals surface area contributed by atoms with Gasteiger partial charge >= 0.3 is 20.5 Å². The molecule has 7 nitrogen and oxygen atoms in total. The maximum Gasteiger partial charge on any atom is 0.673 e. The number of diazo groups is 1. The van der Waals surface area contributed by atoms with Crippen LogP contribution in [-0.4, -0.2) is 25.5 Å². The van der Waals surface area contributed by atoms with Crippen molar-refractivity contribution in [1.29, 1.82) is 5.39 Å². The second kappa shape index (κ2) is 9.08. The monoisotopic (exact) mass is 413 g/mol. The molecule has 0 unspecified atom stereocenters. The topological polar surface area (TPSA) is 96.5 Å². The van der Waals surface area contributed by atoms with Crippen molar-refractivity contribution in [2.75, 3.05) is 13.2 Å². The lowest BCUT2D eigenvalue weighted by atomic mass is 10.2. The average Bonchev–Trinajstić information content (AvgIpc) is 2.52. The lowest BCUT2D eigenvalue weighted by Crippen LogP contribution is -2.29. The molecule has 148 valence electrons. The van der Waals surface area contributed by atoms with E-state index in [2.05, 4.69) is 9.96 Å². The lowest BCUT2D eigenvalue weighted by Gasteiger charge is -2.16. The minimum atomic E-state index is -6.00. The molecular formula is C13H14BF5N3O4P. The number of nitrogens with one attached hydrogen (secondary N) is 1. The van der Waals surface area contributed by atoms with Crippen LogP contribution in [0.3, 0.4) is 0 Å². The Kier molecular flexibility index (Phi) is 7.65. The van der Waals surface area contributed by atoms with Crippen molar-refractivity contribution in [3.8, 4) is 0 Å². The molecule has 2 aromatic rings. The van der Waals surface area contributed by atoms with E-state index in [4.69, 9.17) is 14.4 Å². The van der Waals surface area contributed by atoms with E-state index < -0.39 is 26.2 Å². The molecule has 1 aromatic carbocycles. The van der Waals surface area contributed by atoms with E-state index in [9.17, 15) is 31.0 Å². The van der Waals surface area contributed by atoms with Crippen LogP contribution in [0.1, 0.15) is 13.8 Å². The standard InChI is InChI=1S/C13H13FN3O4P.BF4/c1-3-20-22(19,21-4-2)12-6-8-5-11(17-15)9(14)7-10(8)16-13(12)18;2-1(3,4)5/h5-7H,3-4H2,1-2H3;/q;-1/p+1. The van der Waals surface area contributed by atoms with Gasteiger partial charge < -0.3 is 31.3 Å². The molecular weight excluding hydrogens is 399 g/mol. The van der Waals surface area contributed by atoms with Crippen molar-refractivity contribution < 1.29 is 35.3 Å². The van der Waals surface area contributed by atoms with Gasteiger partial charge in [-0.05, 0) is 19.9 Å². The Morgan fingerprint density at radius 2 is 1.67 bits per heavy atom. The van der Waals surface area contributed by atoms with E-state index >= 15 is 0 Å². The van der Waals surface area contributed by atoms with Crippen molar-refractivity contribution in [3.63, 3.8) is 0 Å². The molecule has 0 atom stereocenters. The summed E-state index contributed by atoms with van der Waals surface area (Å²) in [6, 6.07) is 3.52. The van der Waals surface area contributed by atoms with Gasteiger partial charge in [0, 0.05) is 17.5 Å². The van der Waals surface area contributed by atoms with Crippen LogP contribution >= 0.6 is 7.60 Å². The first-order chi connectivity index (χ1) is 12.4. The smallest absolute Gasteiger partial charge is 0.418 e. The molecule has 0 amide bonds. The van der Waals surface area contributed by atoms with Crippen molar-refractivity contribution in [1.82, 2.24) is 4.98 Å². The molecule has 0 saturated heterocycles. The number of H-pyrrole nitrogens is 1. The van der Waals surface area contributed by atoms with Crippen molar-refractivity contribution in [2.45, 2.75) is 13.8 Å². The van der Waals surface area contributed by atoms with Crippen molar-refractivity contribution >= 4 is 36.7 Å². The zero-order valence-electron chi connectivity index (χ0n) is 14.1. The van der Waals surface area contributed by atoms with Gasteiger partial charge in [-0.3, -0.25) is 9.36 Å². The highest BCUT2D eigenvalue weighted by Crippen LogP contribution is 2.46. The van der Waals surface area contributed by atoms with Crippen LogP contribution in [0.5, 0.6) is 0 Å². The number of halogens is 5. The first-order valence-electron chi connectivity index (χ1n) is 7.43. The fourth-order valence-electron chi connectivity index (χ4n) is 2.00. The van der Waals surface area contributed by atoms with Crippen molar-refractivity contribution in [2.24, 2.45) is 0 Å². The second-order valence-corrected chi connectivity index (χ2v) is 6.80. The van der Waals surface area contributed by atoms with Crippen LogP contribution in [0, 0.1) is 11.2 Å². The molecule has 2 rings (SSSR count). The molecule has 14 heteroatoms. The maximum atomic E-state index is 13.5. The van der Waals surface area contributed by atoms with E-state index in [1.807, 2.05) is 0 Å². The van der Waals surface area contributed by atoms with Gasteiger partial charge in [0.05, 0.1) is 18.7 Å². The number of aromatic amines is 1. The van der Waals surface area contributed by atoms with Crippen molar-refractivity contribution in [3.05, 3.63) is 39.3 Å². The molecule has 0 fully saturated rings. The summed E-state index contributed by atoms with van der Waals surface area (Å²) >= 11 is 0. The van der Waals surface area contributed by atoms with Crippen LogP contribution in [0.25, 0.3) is 15.9 Å². The molecule has 27 heavy (non-hydrogen) atoms. The number of aromatic nitrogens is 1. The van der Waals surface area contributed by atoms with Gasteiger partial charge in [0.2, 0.25) is 11.2 Å². The Balaban J connectivity index is 0.000000646. The molecule has 1 heterocycles. The van der Waals surface area contributed by atoms with Crippen LogP contribution < -0.4 is 10.9 Å². The molecule has 0 spiro atoms. The van der Waals surface area contributed by atoms with E-state index in [0.29, 0.717) is 5.39 Å². The number of fused-ring (bicyclic) bond motifs is 1. The van der Waals surface area contributed by atoms with Gasteiger partial charge in [-0.25, -0.2) is 0 Å². The molecule has 0 radical (unpaired) electrons. The summed E-state index contributed by atoms with van der Waals surface area (Å²) in [5.41, 5.74) is -0.808. The highest BCUT2D eigenvalue weighted by molar-refractivity contribution is 7.62. The predicted octanol–water partition coefficient (Wildman–Crippen LogP) is 4.34. The number of nitrogens with zero attached hydrogens (tertiary/aromatic N) is 2. The summed E-state index contributed by atoms with van der Waals surface area (Å²) in [4.78, 5) is 17.3. The number of hydrogen-bond acceptors (Lipinski definition) is 5. The van der Waals surface area contributed by atoms with Gasteiger partial charge in [-0.1, -0.05) is 0 Å². The summed E-state index contributed by atoms with van der Waals surface area (Å²) in [6.45, 7) is 3.43.